The van der Waals surface area contributed by atoms with Gasteiger partial charge in [0, 0.05) is 0 Å². The molecular formula is C15H23Cl. The highest BCUT2D eigenvalue weighted by Gasteiger charge is 2.16. The van der Waals surface area contributed by atoms with Crippen molar-refractivity contribution in [2.45, 2.75) is 52.8 Å². The third kappa shape index (κ3) is 3.25. The monoisotopic (exact) mass is 238 g/mol. The zero-order chi connectivity index (χ0) is 12.3. The molecule has 2 unspecified atom stereocenters. The maximum atomic E-state index is 6.54. The summed E-state index contributed by atoms with van der Waals surface area (Å²) in [4.78, 5) is 0. The molecule has 0 aliphatic heterocycles. The highest BCUT2D eigenvalue weighted by atomic mass is 35.5. The Labute approximate surface area is 105 Å². The Morgan fingerprint density at radius 3 is 2.06 bits per heavy atom. The molecule has 0 N–H and O–H groups in total. The number of alkyl halides is 1. The van der Waals surface area contributed by atoms with Gasteiger partial charge in [-0.25, -0.2) is 0 Å². The Hall–Kier alpha value is -0.490. The SMILES string of the molecule is CCC(C)CC(Cl)c1c(C)cc(C)cc1C. The van der Waals surface area contributed by atoms with Crippen molar-refractivity contribution in [3.05, 3.63) is 34.4 Å². The van der Waals surface area contributed by atoms with Gasteiger partial charge in [-0.3, -0.25) is 0 Å². The molecule has 1 aromatic rings. The number of benzene rings is 1. The van der Waals surface area contributed by atoms with Crippen LogP contribution in [0.15, 0.2) is 12.1 Å². The molecule has 0 amide bonds. The molecular weight excluding hydrogens is 216 g/mol. The Kier molecular flexibility index (Phi) is 4.86. The minimum atomic E-state index is 0.163. The van der Waals surface area contributed by atoms with E-state index in [2.05, 4.69) is 46.8 Å². The Balaban J connectivity index is 2.95. The number of aryl methyl sites for hydroxylation is 3. The van der Waals surface area contributed by atoms with Crippen LogP contribution in [0.5, 0.6) is 0 Å². The fourth-order valence-corrected chi connectivity index (χ4v) is 2.97. The van der Waals surface area contributed by atoms with Crippen LogP contribution in [0.2, 0.25) is 0 Å². The fourth-order valence-electron chi connectivity index (χ4n) is 2.32. The first-order valence-corrected chi connectivity index (χ1v) is 6.61. The molecule has 0 saturated carbocycles. The molecule has 1 heteroatoms. The van der Waals surface area contributed by atoms with Gasteiger partial charge < -0.3 is 0 Å². The lowest BCUT2D eigenvalue weighted by Crippen LogP contribution is -2.03. The van der Waals surface area contributed by atoms with Gasteiger partial charge in [0.25, 0.3) is 0 Å². The summed E-state index contributed by atoms with van der Waals surface area (Å²) in [6.45, 7) is 11.0. The van der Waals surface area contributed by atoms with Gasteiger partial charge in [-0.15, -0.1) is 11.6 Å². The summed E-state index contributed by atoms with van der Waals surface area (Å²) in [5.74, 6) is 0.697. The van der Waals surface area contributed by atoms with Gasteiger partial charge in [0.15, 0.2) is 0 Å². The van der Waals surface area contributed by atoms with E-state index >= 15 is 0 Å². The standard InChI is InChI=1S/C15H23Cl/c1-6-10(2)9-14(16)15-12(4)7-11(3)8-13(15)5/h7-8,10,14H,6,9H2,1-5H3. The van der Waals surface area contributed by atoms with Crippen LogP contribution in [0.25, 0.3) is 0 Å². The first-order chi connectivity index (χ1) is 7.45. The lowest BCUT2D eigenvalue weighted by Gasteiger charge is -2.19. The third-order valence-corrected chi connectivity index (χ3v) is 3.75. The molecule has 0 bridgehead atoms. The quantitative estimate of drug-likeness (QED) is 0.622. The van der Waals surface area contributed by atoms with Gasteiger partial charge in [-0.2, -0.15) is 0 Å². The molecule has 1 aromatic carbocycles. The van der Waals surface area contributed by atoms with Crippen LogP contribution in [0.4, 0.5) is 0 Å². The van der Waals surface area contributed by atoms with Crippen molar-refractivity contribution < 1.29 is 0 Å². The van der Waals surface area contributed by atoms with E-state index in [0.29, 0.717) is 5.92 Å². The number of rotatable bonds is 4. The first-order valence-electron chi connectivity index (χ1n) is 6.17. The molecule has 0 spiro atoms. The minimum absolute atomic E-state index is 0.163. The van der Waals surface area contributed by atoms with Gasteiger partial charge in [-0.05, 0) is 49.8 Å². The average molecular weight is 239 g/mol. The van der Waals surface area contributed by atoms with E-state index in [1.54, 1.807) is 0 Å². The lowest BCUT2D eigenvalue weighted by molar-refractivity contribution is 0.507. The third-order valence-electron chi connectivity index (χ3n) is 3.36. The summed E-state index contributed by atoms with van der Waals surface area (Å²) in [5.41, 5.74) is 5.33. The largest absolute Gasteiger partial charge is 0.118 e. The number of hydrogen-bond acceptors (Lipinski definition) is 0. The van der Waals surface area contributed by atoms with Gasteiger partial charge >= 0.3 is 0 Å². The highest BCUT2D eigenvalue weighted by molar-refractivity contribution is 6.21. The van der Waals surface area contributed by atoms with Crippen molar-refractivity contribution >= 4 is 11.6 Å². The fraction of sp³-hybridized carbons (Fsp3) is 0.600. The Morgan fingerprint density at radius 2 is 1.62 bits per heavy atom. The Bertz CT molecular complexity index is 331. The maximum Gasteiger partial charge on any atom is 0.0592 e. The van der Waals surface area contributed by atoms with Crippen LogP contribution in [0.1, 0.15) is 54.3 Å². The van der Waals surface area contributed by atoms with E-state index in [-0.39, 0.29) is 5.38 Å². The molecule has 2 atom stereocenters. The molecule has 0 aliphatic rings. The minimum Gasteiger partial charge on any atom is -0.118 e. The second kappa shape index (κ2) is 5.72. The van der Waals surface area contributed by atoms with Crippen LogP contribution >= 0.6 is 11.6 Å². The summed E-state index contributed by atoms with van der Waals surface area (Å²) in [5, 5.41) is 0.163. The lowest BCUT2D eigenvalue weighted by atomic mass is 9.92. The van der Waals surface area contributed by atoms with Crippen LogP contribution in [0.3, 0.4) is 0 Å². The second-order valence-electron chi connectivity index (χ2n) is 5.03. The summed E-state index contributed by atoms with van der Waals surface area (Å²) < 4.78 is 0. The van der Waals surface area contributed by atoms with E-state index in [9.17, 15) is 0 Å². The van der Waals surface area contributed by atoms with Crippen molar-refractivity contribution in [3.63, 3.8) is 0 Å². The Morgan fingerprint density at radius 1 is 1.12 bits per heavy atom. The maximum absolute atomic E-state index is 6.54. The smallest absolute Gasteiger partial charge is 0.0592 e. The molecule has 0 heterocycles. The molecule has 1 rings (SSSR count). The van der Waals surface area contributed by atoms with Crippen LogP contribution in [-0.2, 0) is 0 Å². The zero-order valence-corrected chi connectivity index (χ0v) is 11.9. The zero-order valence-electron chi connectivity index (χ0n) is 11.1. The molecule has 0 nitrogen and oxygen atoms in total. The molecule has 0 radical (unpaired) electrons. The van der Waals surface area contributed by atoms with Crippen LogP contribution < -0.4 is 0 Å². The van der Waals surface area contributed by atoms with Crippen molar-refractivity contribution in [2.75, 3.05) is 0 Å². The van der Waals surface area contributed by atoms with Gasteiger partial charge in [0.05, 0.1) is 5.38 Å². The molecule has 0 saturated heterocycles. The summed E-state index contributed by atoms with van der Waals surface area (Å²) >= 11 is 6.54. The van der Waals surface area contributed by atoms with Gasteiger partial charge in [0.2, 0.25) is 0 Å². The van der Waals surface area contributed by atoms with Crippen molar-refractivity contribution in [3.8, 4) is 0 Å². The van der Waals surface area contributed by atoms with Crippen molar-refractivity contribution in [1.82, 2.24) is 0 Å². The summed E-state index contributed by atoms with van der Waals surface area (Å²) in [7, 11) is 0. The predicted molar refractivity (Wildman–Crippen MR) is 73.3 cm³/mol. The van der Waals surface area contributed by atoms with E-state index < -0.39 is 0 Å². The van der Waals surface area contributed by atoms with Crippen LogP contribution in [0, 0.1) is 26.7 Å². The number of halogens is 1. The molecule has 0 fully saturated rings. The molecule has 0 aromatic heterocycles. The van der Waals surface area contributed by atoms with Crippen molar-refractivity contribution in [2.24, 2.45) is 5.92 Å². The van der Waals surface area contributed by atoms with Gasteiger partial charge in [-0.1, -0.05) is 38.0 Å². The topological polar surface area (TPSA) is 0 Å². The normalized spacial score (nSPS) is 14.9. The number of hydrogen-bond donors (Lipinski definition) is 0. The first kappa shape index (κ1) is 13.6. The molecule has 90 valence electrons. The van der Waals surface area contributed by atoms with E-state index in [1.807, 2.05) is 0 Å². The van der Waals surface area contributed by atoms with E-state index in [4.69, 9.17) is 11.6 Å². The van der Waals surface area contributed by atoms with Crippen molar-refractivity contribution in [1.29, 1.82) is 0 Å². The summed E-state index contributed by atoms with van der Waals surface area (Å²) in [6, 6.07) is 4.46. The van der Waals surface area contributed by atoms with E-state index in [1.165, 1.54) is 28.7 Å². The molecule has 0 aliphatic carbocycles. The highest BCUT2D eigenvalue weighted by Crippen LogP contribution is 2.33. The van der Waals surface area contributed by atoms with Gasteiger partial charge in [0.1, 0.15) is 0 Å². The average Bonchev–Trinajstić information content (AvgIpc) is 2.15. The van der Waals surface area contributed by atoms with E-state index in [0.717, 1.165) is 6.42 Å². The van der Waals surface area contributed by atoms with Crippen LogP contribution in [-0.4, -0.2) is 0 Å². The second-order valence-corrected chi connectivity index (χ2v) is 5.56. The predicted octanol–water partition coefficient (Wildman–Crippen LogP) is 5.33. The molecule has 16 heavy (non-hydrogen) atoms. The summed E-state index contributed by atoms with van der Waals surface area (Å²) in [6.07, 6.45) is 2.27.